The van der Waals surface area contributed by atoms with Gasteiger partial charge < -0.3 is 20.3 Å². The highest BCUT2D eigenvalue weighted by Crippen LogP contribution is 2.26. The Kier molecular flexibility index (Phi) is 7.31. The number of hydrogen-bond donors (Lipinski definition) is 2. The van der Waals surface area contributed by atoms with Crippen LogP contribution in [0.3, 0.4) is 0 Å². The molecule has 0 unspecified atom stereocenters. The summed E-state index contributed by atoms with van der Waals surface area (Å²) in [5.74, 6) is 3.38. The van der Waals surface area contributed by atoms with Gasteiger partial charge in [0.25, 0.3) is 0 Å². The third-order valence-corrected chi connectivity index (χ3v) is 5.88. The lowest BCUT2D eigenvalue weighted by atomic mass is 9.86. The van der Waals surface area contributed by atoms with Gasteiger partial charge in [-0.3, -0.25) is 0 Å². The maximum atomic E-state index is 5.41. The van der Waals surface area contributed by atoms with Gasteiger partial charge in [-0.15, -0.1) is 0 Å². The highest BCUT2D eigenvalue weighted by atomic mass is 16.5. The summed E-state index contributed by atoms with van der Waals surface area (Å²) in [5.41, 5.74) is 3.84. The van der Waals surface area contributed by atoms with Crippen molar-refractivity contribution in [3.05, 3.63) is 41.1 Å². The monoisotopic (exact) mass is 397 g/mol. The molecule has 6 nitrogen and oxygen atoms in total. The molecule has 0 radical (unpaired) electrons. The van der Waals surface area contributed by atoms with E-state index in [2.05, 4.69) is 46.6 Å². The molecule has 0 aliphatic heterocycles. The quantitative estimate of drug-likeness (QED) is 0.704. The van der Waals surface area contributed by atoms with E-state index in [0.717, 1.165) is 36.5 Å². The minimum Gasteiger partial charge on any atom is -0.496 e. The van der Waals surface area contributed by atoms with E-state index in [0.29, 0.717) is 6.04 Å². The number of aryl methyl sites for hydroxylation is 2. The van der Waals surface area contributed by atoms with Crippen LogP contribution in [-0.4, -0.2) is 43.8 Å². The van der Waals surface area contributed by atoms with Crippen LogP contribution in [0.25, 0.3) is 0 Å². The average Bonchev–Trinajstić information content (AvgIpc) is 2.71. The number of nitrogens with zero attached hydrogens (tertiary/aromatic N) is 3. The first-order chi connectivity index (χ1) is 14.0. The van der Waals surface area contributed by atoms with Gasteiger partial charge in [-0.1, -0.05) is 6.07 Å². The maximum absolute atomic E-state index is 5.41. The lowest BCUT2D eigenvalue weighted by Crippen LogP contribution is -2.31. The zero-order valence-corrected chi connectivity index (χ0v) is 18.5. The minimum absolute atomic E-state index is 0.468. The number of nitrogens with one attached hydrogen (secondary N) is 2. The summed E-state index contributed by atoms with van der Waals surface area (Å²) in [5, 5.41) is 7.19. The van der Waals surface area contributed by atoms with Gasteiger partial charge in [-0.25, -0.2) is 4.98 Å². The van der Waals surface area contributed by atoms with Gasteiger partial charge in [-0.2, -0.15) is 4.98 Å². The van der Waals surface area contributed by atoms with Crippen molar-refractivity contribution >= 4 is 11.8 Å². The summed E-state index contributed by atoms with van der Waals surface area (Å²) in [4.78, 5) is 11.0. The van der Waals surface area contributed by atoms with Crippen LogP contribution in [-0.2, 0) is 6.54 Å². The molecule has 6 heteroatoms. The predicted molar refractivity (Wildman–Crippen MR) is 120 cm³/mol. The number of hydrogen-bond acceptors (Lipinski definition) is 6. The van der Waals surface area contributed by atoms with Gasteiger partial charge in [-0.05, 0) is 80.8 Å². The zero-order chi connectivity index (χ0) is 20.8. The SMILES string of the molecule is COc1cc(C)c(CNCC2CCC(Nc3nccc(N(C)C)n3)CC2)cc1C. The molecule has 0 amide bonds. The first-order valence-electron chi connectivity index (χ1n) is 10.6. The van der Waals surface area contributed by atoms with Crippen LogP contribution in [0.1, 0.15) is 42.4 Å². The normalized spacial score (nSPS) is 19.1. The van der Waals surface area contributed by atoms with E-state index in [4.69, 9.17) is 4.74 Å². The molecular weight excluding hydrogens is 362 g/mol. The highest BCUT2D eigenvalue weighted by molar-refractivity contribution is 5.42. The molecule has 0 atom stereocenters. The molecule has 3 rings (SSSR count). The molecule has 1 aromatic heterocycles. The van der Waals surface area contributed by atoms with E-state index in [-0.39, 0.29) is 0 Å². The molecule has 29 heavy (non-hydrogen) atoms. The van der Waals surface area contributed by atoms with Crippen molar-refractivity contribution in [1.82, 2.24) is 15.3 Å². The van der Waals surface area contributed by atoms with Crippen LogP contribution in [0.4, 0.5) is 11.8 Å². The maximum Gasteiger partial charge on any atom is 0.224 e. The van der Waals surface area contributed by atoms with Gasteiger partial charge in [0.05, 0.1) is 7.11 Å². The van der Waals surface area contributed by atoms with Gasteiger partial charge >= 0.3 is 0 Å². The van der Waals surface area contributed by atoms with Crippen molar-refractivity contribution < 1.29 is 4.74 Å². The highest BCUT2D eigenvalue weighted by Gasteiger charge is 2.21. The van der Waals surface area contributed by atoms with E-state index >= 15 is 0 Å². The molecule has 0 bridgehead atoms. The molecule has 0 saturated heterocycles. The van der Waals surface area contributed by atoms with Crippen LogP contribution >= 0.6 is 0 Å². The number of benzene rings is 1. The van der Waals surface area contributed by atoms with Crippen molar-refractivity contribution in [2.45, 2.75) is 52.1 Å². The van der Waals surface area contributed by atoms with Gasteiger partial charge in [0, 0.05) is 32.9 Å². The van der Waals surface area contributed by atoms with E-state index < -0.39 is 0 Å². The number of ether oxygens (including phenoxy) is 1. The summed E-state index contributed by atoms with van der Waals surface area (Å²) in [6.45, 7) is 6.25. The van der Waals surface area contributed by atoms with Crippen LogP contribution in [0, 0.1) is 19.8 Å². The first kappa shape index (κ1) is 21.4. The Morgan fingerprint density at radius 3 is 2.55 bits per heavy atom. The molecule has 2 aromatic rings. The fraction of sp³-hybridized carbons (Fsp3) is 0.565. The van der Waals surface area contributed by atoms with E-state index in [1.165, 1.54) is 42.4 Å². The number of anilines is 2. The third kappa shape index (κ3) is 5.82. The van der Waals surface area contributed by atoms with E-state index in [1.54, 1.807) is 7.11 Å². The Balaban J connectivity index is 1.42. The summed E-state index contributed by atoms with van der Waals surface area (Å²) in [6, 6.07) is 6.77. The third-order valence-electron chi connectivity index (χ3n) is 5.88. The molecule has 1 saturated carbocycles. The topological polar surface area (TPSA) is 62.3 Å². The number of methoxy groups -OCH3 is 1. The summed E-state index contributed by atoms with van der Waals surface area (Å²) < 4.78 is 5.41. The second-order valence-electron chi connectivity index (χ2n) is 8.37. The fourth-order valence-electron chi connectivity index (χ4n) is 4.03. The Bertz CT molecular complexity index is 800. The standard InChI is InChI=1S/C23H35N5O/c1-16-13-21(29-5)17(2)12-19(16)15-24-14-18-6-8-20(9-7-18)26-23-25-11-10-22(27-23)28(3)4/h10-13,18,20,24H,6-9,14-15H2,1-5H3,(H,25,26,27). The van der Waals surface area contributed by atoms with Crippen molar-refractivity contribution in [3.8, 4) is 5.75 Å². The molecule has 1 fully saturated rings. The molecule has 2 N–H and O–H groups in total. The lowest BCUT2D eigenvalue weighted by Gasteiger charge is -2.29. The smallest absolute Gasteiger partial charge is 0.224 e. The Hall–Kier alpha value is -2.34. The van der Waals surface area contributed by atoms with Crippen molar-refractivity contribution in [2.75, 3.05) is 38.0 Å². The first-order valence-corrected chi connectivity index (χ1v) is 10.6. The fourth-order valence-corrected chi connectivity index (χ4v) is 4.03. The Morgan fingerprint density at radius 1 is 1.10 bits per heavy atom. The number of rotatable bonds is 8. The molecule has 1 aliphatic carbocycles. The Labute approximate surface area is 175 Å². The largest absolute Gasteiger partial charge is 0.496 e. The van der Waals surface area contributed by atoms with Crippen LogP contribution in [0.2, 0.25) is 0 Å². The summed E-state index contributed by atoms with van der Waals surface area (Å²) in [6.07, 6.45) is 6.63. The second kappa shape index (κ2) is 9.92. The number of aromatic nitrogens is 2. The molecule has 1 aliphatic rings. The van der Waals surface area contributed by atoms with Crippen molar-refractivity contribution in [2.24, 2.45) is 5.92 Å². The minimum atomic E-state index is 0.468. The average molecular weight is 398 g/mol. The van der Waals surface area contributed by atoms with Crippen molar-refractivity contribution in [3.63, 3.8) is 0 Å². The lowest BCUT2D eigenvalue weighted by molar-refractivity contribution is 0.323. The van der Waals surface area contributed by atoms with Gasteiger partial charge in [0.15, 0.2) is 0 Å². The van der Waals surface area contributed by atoms with Gasteiger partial charge in [0.1, 0.15) is 11.6 Å². The molecular formula is C23H35N5O. The van der Waals surface area contributed by atoms with Crippen LogP contribution in [0.15, 0.2) is 24.4 Å². The van der Waals surface area contributed by atoms with Gasteiger partial charge in [0.2, 0.25) is 5.95 Å². The summed E-state index contributed by atoms with van der Waals surface area (Å²) >= 11 is 0. The van der Waals surface area contributed by atoms with Crippen LogP contribution in [0.5, 0.6) is 5.75 Å². The molecule has 1 heterocycles. The van der Waals surface area contributed by atoms with E-state index in [1.807, 2.05) is 31.3 Å². The molecule has 1 aromatic carbocycles. The molecule has 0 spiro atoms. The Morgan fingerprint density at radius 2 is 1.86 bits per heavy atom. The second-order valence-corrected chi connectivity index (χ2v) is 8.37. The summed E-state index contributed by atoms with van der Waals surface area (Å²) in [7, 11) is 5.73. The predicted octanol–water partition coefficient (Wildman–Crippen LogP) is 3.93. The van der Waals surface area contributed by atoms with Crippen LogP contribution < -0.4 is 20.3 Å². The van der Waals surface area contributed by atoms with E-state index in [9.17, 15) is 0 Å². The molecule has 158 valence electrons. The zero-order valence-electron chi connectivity index (χ0n) is 18.5. The van der Waals surface area contributed by atoms with Crippen molar-refractivity contribution in [1.29, 1.82) is 0 Å².